The number of carbonyl (C=O) groups is 1. The van der Waals surface area contributed by atoms with Crippen molar-refractivity contribution in [3.63, 3.8) is 0 Å². The zero-order valence-corrected chi connectivity index (χ0v) is 21.7. The molecule has 1 unspecified atom stereocenters. The topological polar surface area (TPSA) is 95.9 Å². The number of Topliss-reactive ketones (excluding diaryl/α,β-unsaturated/α-hetero) is 1. The summed E-state index contributed by atoms with van der Waals surface area (Å²) in [6, 6.07) is 4.41. The van der Waals surface area contributed by atoms with Crippen LogP contribution in [0.25, 0.3) is 0 Å². The first-order chi connectivity index (χ1) is 15.3. The molecule has 0 bridgehead atoms. The molecule has 1 atom stereocenters. The third-order valence-electron chi connectivity index (χ3n) is 5.46. The van der Waals surface area contributed by atoms with Gasteiger partial charge in [-0.05, 0) is 34.8 Å². The maximum absolute atomic E-state index is 13.6. The maximum Gasteiger partial charge on any atom is 0.219 e. The van der Waals surface area contributed by atoms with Crippen LogP contribution >= 0.6 is 46.2 Å². The number of hydrogen-bond acceptors (Lipinski definition) is 10. The summed E-state index contributed by atoms with van der Waals surface area (Å²) in [5, 5.41) is 21.5. The summed E-state index contributed by atoms with van der Waals surface area (Å²) in [5.74, 6) is 1.81. The van der Waals surface area contributed by atoms with Gasteiger partial charge in [-0.3, -0.25) is 9.69 Å². The fraction of sp³-hybridized carbons (Fsp3) is 0.455. The van der Waals surface area contributed by atoms with E-state index in [9.17, 15) is 10.1 Å². The molecule has 32 heavy (non-hydrogen) atoms. The Morgan fingerprint density at radius 3 is 2.72 bits per heavy atom. The lowest BCUT2D eigenvalue weighted by Gasteiger charge is -2.42. The first kappa shape index (κ1) is 23.4. The standard InChI is InChI=1S/C22H25N5OS4/c1-5-29-15-7-8-31-18(15)16-12(11-23)19(24)27(20-25-26-21(32-20)30-6-2)13-9-22(3,4)10-14(28)17(13)16/h7-8,16H,5-6,9-10,24H2,1-4H3. The van der Waals surface area contributed by atoms with E-state index in [-0.39, 0.29) is 11.2 Å². The fourth-order valence-electron chi connectivity index (χ4n) is 4.26. The molecule has 2 aromatic rings. The molecule has 6 nitrogen and oxygen atoms in total. The van der Waals surface area contributed by atoms with Crippen LogP contribution in [0.4, 0.5) is 5.13 Å². The van der Waals surface area contributed by atoms with Gasteiger partial charge in [0, 0.05) is 27.5 Å². The minimum Gasteiger partial charge on any atom is -0.384 e. The van der Waals surface area contributed by atoms with E-state index in [1.807, 2.05) is 10.3 Å². The molecule has 1 aliphatic heterocycles. The summed E-state index contributed by atoms with van der Waals surface area (Å²) >= 11 is 6.38. The smallest absolute Gasteiger partial charge is 0.219 e. The zero-order valence-electron chi connectivity index (χ0n) is 18.5. The molecule has 2 aliphatic rings. The molecular formula is C22H25N5OS4. The number of carbonyl (C=O) groups excluding carboxylic acids is 1. The third kappa shape index (κ3) is 4.12. The number of nitrogens with two attached hydrogens (primary N) is 1. The van der Waals surface area contributed by atoms with E-state index in [2.05, 4.69) is 50.0 Å². The summed E-state index contributed by atoms with van der Waals surface area (Å²) in [6.45, 7) is 8.37. The van der Waals surface area contributed by atoms with Gasteiger partial charge in [0.1, 0.15) is 5.82 Å². The molecule has 2 N–H and O–H groups in total. The molecule has 10 heteroatoms. The maximum atomic E-state index is 13.6. The minimum absolute atomic E-state index is 0.0834. The number of thioether (sulfide) groups is 2. The van der Waals surface area contributed by atoms with Crippen molar-refractivity contribution in [1.82, 2.24) is 10.2 Å². The molecule has 0 spiro atoms. The molecular weight excluding hydrogens is 479 g/mol. The Bertz CT molecular complexity index is 1150. The predicted molar refractivity (Wildman–Crippen MR) is 134 cm³/mol. The first-order valence-electron chi connectivity index (χ1n) is 10.4. The highest BCUT2D eigenvalue weighted by Gasteiger charge is 2.46. The Morgan fingerprint density at radius 2 is 2.03 bits per heavy atom. The zero-order chi connectivity index (χ0) is 23.0. The van der Waals surface area contributed by atoms with Crippen LogP contribution in [0.15, 0.2) is 43.3 Å². The molecule has 0 fully saturated rings. The van der Waals surface area contributed by atoms with Crippen LogP contribution in [0, 0.1) is 16.7 Å². The third-order valence-corrected chi connectivity index (χ3v) is 9.45. The minimum atomic E-state index is -0.429. The number of hydrogen-bond donors (Lipinski definition) is 1. The van der Waals surface area contributed by atoms with Crippen molar-refractivity contribution in [3.05, 3.63) is 39.0 Å². The second-order valence-electron chi connectivity index (χ2n) is 8.35. The van der Waals surface area contributed by atoms with Crippen molar-refractivity contribution >= 4 is 57.1 Å². The Kier molecular flexibility index (Phi) is 6.73. The number of aromatic nitrogens is 2. The number of anilines is 1. The summed E-state index contributed by atoms with van der Waals surface area (Å²) in [4.78, 5) is 17.5. The van der Waals surface area contributed by atoms with Crippen LogP contribution in [-0.2, 0) is 4.79 Å². The molecule has 4 rings (SSSR count). The number of allylic oxidation sites excluding steroid dienone is 3. The van der Waals surface area contributed by atoms with Crippen LogP contribution in [0.5, 0.6) is 0 Å². The molecule has 0 saturated heterocycles. The Hall–Kier alpha value is -1.80. The van der Waals surface area contributed by atoms with Crippen LogP contribution in [0.2, 0.25) is 0 Å². The predicted octanol–water partition coefficient (Wildman–Crippen LogP) is 5.76. The SMILES string of the molecule is CCSc1nnc(N2C(N)=C(C#N)C(c3sccc3SCC)C3=C2CC(C)(C)CC3=O)s1. The van der Waals surface area contributed by atoms with E-state index in [0.717, 1.165) is 31.3 Å². The lowest BCUT2D eigenvalue weighted by molar-refractivity contribution is -0.118. The average molecular weight is 504 g/mol. The van der Waals surface area contributed by atoms with Crippen LogP contribution < -0.4 is 10.6 Å². The Morgan fingerprint density at radius 1 is 1.28 bits per heavy atom. The number of rotatable bonds is 6. The quantitative estimate of drug-likeness (QED) is 0.497. The van der Waals surface area contributed by atoms with Crippen molar-refractivity contribution in [2.75, 3.05) is 16.4 Å². The Labute approximate surface area is 205 Å². The normalized spacial score (nSPS) is 20.5. The highest BCUT2D eigenvalue weighted by molar-refractivity contribution is 8.01. The number of ketones is 1. The Balaban J connectivity index is 1.94. The molecule has 3 heterocycles. The van der Waals surface area contributed by atoms with Gasteiger partial charge >= 0.3 is 0 Å². The van der Waals surface area contributed by atoms with E-state index in [1.54, 1.807) is 34.9 Å². The molecule has 0 aromatic carbocycles. The second kappa shape index (κ2) is 9.21. The van der Waals surface area contributed by atoms with Crippen molar-refractivity contribution in [2.45, 2.75) is 55.7 Å². The number of thiophene rings is 1. The van der Waals surface area contributed by atoms with E-state index in [4.69, 9.17) is 5.73 Å². The van der Waals surface area contributed by atoms with Gasteiger partial charge in [0.25, 0.3) is 0 Å². The second-order valence-corrected chi connectivity index (χ2v) is 13.1. The van der Waals surface area contributed by atoms with E-state index < -0.39 is 5.92 Å². The van der Waals surface area contributed by atoms with Gasteiger partial charge in [-0.25, -0.2) is 0 Å². The fourth-order valence-corrected chi connectivity index (χ4v) is 8.09. The van der Waals surface area contributed by atoms with Crippen molar-refractivity contribution < 1.29 is 4.79 Å². The highest BCUT2D eigenvalue weighted by atomic mass is 32.2. The summed E-state index contributed by atoms with van der Waals surface area (Å²) in [7, 11) is 0. The monoisotopic (exact) mass is 503 g/mol. The molecule has 0 radical (unpaired) electrons. The molecule has 168 valence electrons. The van der Waals surface area contributed by atoms with Gasteiger partial charge < -0.3 is 5.73 Å². The number of nitrogens with zero attached hydrogens (tertiary/aromatic N) is 4. The summed E-state index contributed by atoms with van der Waals surface area (Å²) < 4.78 is 0.847. The lowest BCUT2D eigenvalue weighted by atomic mass is 9.70. The molecule has 1 aliphatic carbocycles. The van der Waals surface area contributed by atoms with Gasteiger partial charge in [0.2, 0.25) is 5.13 Å². The van der Waals surface area contributed by atoms with Crippen LogP contribution in [0.3, 0.4) is 0 Å². The molecule has 0 amide bonds. The molecule has 0 saturated carbocycles. The van der Waals surface area contributed by atoms with Crippen molar-refractivity contribution in [3.8, 4) is 6.07 Å². The van der Waals surface area contributed by atoms with Crippen LogP contribution in [0.1, 0.15) is 51.3 Å². The number of nitriles is 1. The van der Waals surface area contributed by atoms with Gasteiger partial charge in [0.05, 0.1) is 17.6 Å². The highest BCUT2D eigenvalue weighted by Crippen LogP contribution is 2.52. The van der Waals surface area contributed by atoms with Crippen molar-refractivity contribution in [2.24, 2.45) is 11.1 Å². The first-order valence-corrected chi connectivity index (χ1v) is 14.1. The largest absolute Gasteiger partial charge is 0.384 e. The van der Waals surface area contributed by atoms with Gasteiger partial charge in [-0.15, -0.1) is 33.3 Å². The van der Waals surface area contributed by atoms with Gasteiger partial charge in [0.15, 0.2) is 10.1 Å². The van der Waals surface area contributed by atoms with Gasteiger partial charge in [-0.2, -0.15) is 5.26 Å². The molecule has 2 aromatic heterocycles. The van der Waals surface area contributed by atoms with Gasteiger partial charge in [-0.1, -0.05) is 50.8 Å². The van der Waals surface area contributed by atoms with E-state index in [0.29, 0.717) is 34.9 Å². The van der Waals surface area contributed by atoms with Crippen molar-refractivity contribution in [1.29, 1.82) is 5.26 Å². The van der Waals surface area contributed by atoms with Crippen LogP contribution in [-0.4, -0.2) is 27.5 Å². The van der Waals surface area contributed by atoms with E-state index in [1.165, 1.54) is 11.3 Å². The summed E-state index contributed by atoms with van der Waals surface area (Å²) in [5.41, 5.74) is 8.44. The lowest BCUT2D eigenvalue weighted by Crippen LogP contribution is -2.42. The summed E-state index contributed by atoms with van der Waals surface area (Å²) in [6.07, 6.45) is 1.13. The van der Waals surface area contributed by atoms with E-state index >= 15 is 0 Å². The average Bonchev–Trinajstić information content (AvgIpc) is 3.36.